The van der Waals surface area contributed by atoms with Crippen molar-refractivity contribution in [3.63, 3.8) is 0 Å². The number of carbonyl (C=O) groups is 5. The molecule has 196 valence electrons. The molecule has 0 aliphatic carbocycles. The summed E-state index contributed by atoms with van der Waals surface area (Å²) in [5.41, 5.74) is 1.78. The van der Waals surface area contributed by atoms with Crippen molar-refractivity contribution in [1.29, 1.82) is 0 Å². The second-order valence-corrected chi connectivity index (χ2v) is 8.40. The molecular formula is C31H25NO7. The monoisotopic (exact) mass is 523 g/mol. The van der Waals surface area contributed by atoms with E-state index in [2.05, 4.69) is 11.9 Å². The van der Waals surface area contributed by atoms with Crippen molar-refractivity contribution in [3.8, 4) is 0 Å². The number of carbonyl (C=O) groups excluding carboxylic acids is 3. The molecule has 0 heterocycles. The van der Waals surface area contributed by atoms with E-state index in [0.717, 1.165) is 6.08 Å². The van der Waals surface area contributed by atoms with Crippen LogP contribution in [0.1, 0.15) is 43.4 Å². The molecule has 0 aromatic heterocycles. The summed E-state index contributed by atoms with van der Waals surface area (Å²) < 4.78 is 0. The summed E-state index contributed by atoms with van der Waals surface area (Å²) in [6.07, 6.45) is 6.38. The molecule has 3 N–H and O–H groups in total. The second-order valence-electron chi connectivity index (χ2n) is 8.40. The maximum atomic E-state index is 13.5. The molecule has 0 fully saturated rings. The number of benzene rings is 3. The molecule has 0 radical (unpaired) electrons. The Kier molecular flexibility index (Phi) is 9.58. The summed E-state index contributed by atoms with van der Waals surface area (Å²) in [5, 5.41) is 20.8. The number of ketones is 2. The van der Waals surface area contributed by atoms with Crippen molar-refractivity contribution >= 4 is 41.6 Å². The molecule has 1 atom stereocenters. The molecule has 1 unspecified atom stereocenters. The van der Waals surface area contributed by atoms with E-state index >= 15 is 0 Å². The maximum Gasteiger partial charge on any atom is 0.335 e. The number of aromatic carboxylic acids is 2. The second kappa shape index (κ2) is 13.3. The zero-order valence-electron chi connectivity index (χ0n) is 20.7. The maximum absolute atomic E-state index is 13.5. The first kappa shape index (κ1) is 28.2. The molecular weight excluding hydrogens is 498 g/mol. The zero-order valence-corrected chi connectivity index (χ0v) is 20.7. The first-order valence-electron chi connectivity index (χ1n) is 11.8. The molecule has 0 saturated heterocycles. The Morgan fingerprint density at radius 3 is 1.49 bits per heavy atom. The van der Waals surface area contributed by atoms with Gasteiger partial charge in [-0.15, -0.1) is 0 Å². The van der Waals surface area contributed by atoms with Crippen LogP contribution in [0, 0.1) is 5.92 Å². The van der Waals surface area contributed by atoms with Crippen LogP contribution in [-0.2, 0) is 14.4 Å². The van der Waals surface area contributed by atoms with Gasteiger partial charge in [-0.3, -0.25) is 14.4 Å². The topological polar surface area (TPSA) is 138 Å². The van der Waals surface area contributed by atoms with Crippen LogP contribution in [0.4, 0.5) is 0 Å². The summed E-state index contributed by atoms with van der Waals surface area (Å²) in [5.74, 6) is -5.27. The lowest BCUT2D eigenvalue weighted by Crippen LogP contribution is -2.39. The minimum atomic E-state index is -1.35. The number of hydrogen-bond acceptors (Lipinski definition) is 5. The van der Waals surface area contributed by atoms with Gasteiger partial charge in [-0.25, -0.2) is 9.59 Å². The van der Waals surface area contributed by atoms with Gasteiger partial charge in [0, 0.05) is 0 Å². The lowest BCUT2D eigenvalue weighted by atomic mass is 9.85. The van der Waals surface area contributed by atoms with Gasteiger partial charge in [0.1, 0.15) is 5.92 Å². The quantitative estimate of drug-likeness (QED) is 0.233. The van der Waals surface area contributed by atoms with E-state index in [9.17, 15) is 24.0 Å². The normalized spacial score (nSPS) is 12.5. The summed E-state index contributed by atoms with van der Waals surface area (Å²) in [4.78, 5) is 61.4. The number of carboxylic acid groups (broad SMARTS) is 2. The van der Waals surface area contributed by atoms with Crippen LogP contribution in [0.15, 0.2) is 104 Å². The predicted molar refractivity (Wildman–Crippen MR) is 146 cm³/mol. The van der Waals surface area contributed by atoms with E-state index in [1.807, 2.05) is 0 Å². The first-order valence-corrected chi connectivity index (χ1v) is 11.8. The zero-order chi connectivity index (χ0) is 28.4. The predicted octanol–water partition coefficient (Wildman–Crippen LogP) is 4.61. The van der Waals surface area contributed by atoms with Crippen molar-refractivity contribution in [1.82, 2.24) is 5.32 Å². The van der Waals surface area contributed by atoms with Crippen molar-refractivity contribution in [2.45, 2.75) is 6.04 Å². The molecule has 0 aliphatic rings. The molecule has 0 bridgehead atoms. The van der Waals surface area contributed by atoms with Gasteiger partial charge in [0.15, 0.2) is 11.6 Å². The average Bonchev–Trinajstić information content (AvgIpc) is 2.95. The Bertz CT molecular complexity index is 1360. The fourth-order valence-electron chi connectivity index (χ4n) is 3.74. The molecule has 0 saturated carbocycles. The van der Waals surface area contributed by atoms with Crippen molar-refractivity contribution in [2.24, 2.45) is 5.92 Å². The van der Waals surface area contributed by atoms with Gasteiger partial charge >= 0.3 is 11.9 Å². The number of rotatable bonds is 12. The minimum absolute atomic E-state index is 0.0873. The van der Waals surface area contributed by atoms with E-state index in [-0.39, 0.29) is 11.1 Å². The van der Waals surface area contributed by atoms with E-state index in [4.69, 9.17) is 10.2 Å². The van der Waals surface area contributed by atoms with Gasteiger partial charge in [0.25, 0.3) is 0 Å². The van der Waals surface area contributed by atoms with Crippen LogP contribution in [0.3, 0.4) is 0 Å². The van der Waals surface area contributed by atoms with Crippen LogP contribution in [0.2, 0.25) is 0 Å². The molecule has 3 rings (SSSR count). The third-order valence-corrected chi connectivity index (χ3v) is 5.78. The number of amides is 1. The molecule has 39 heavy (non-hydrogen) atoms. The Labute approximate surface area is 224 Å². The lowest BCUT2D eigenvalue weighted by molar-refractivity contribution is -0.129. The van der Waals surface area contributed by atoms with E-state index < -0.39 is 41.4 Å². The van der Waals surface area contributed by atoms with Crippen molar-refractivity contribution in [3.05, 3.63) is 131 Å². The van der Waals surface area contributed by atoms with Crippen molar-refractivity contribution in [2.75, 3.05) is 0 Å². The van der Waals surface area contributed by atoms with Crippen LogP contribution in [0.5, 0.6) is 0 Å². The Balaban J connectivity index is 1.98. The summed E-state index contributed by atoms with van der Waals surface area (Å²) in [6, 6.07) is 19.2. The van der Waals surface area contributed by atoms with Gasteiger partial charge in [-0.05, 0) is 59.2 Å². The fraction of sp³-hybridized carbons (Fsp3) is 0.0645. The average molecular weight is 524 g/mol. The highest BCUT2D eigenvalue weighted by atomic mass is 16.4. The highest BCUT2D eigenvalue weighted by molar-refractivity contribution is 6.14. The first-order chi connectivity index (χ1) is 18.7. The number of nitrogens with one attached hydrogen (secondary N) is 1. The summed E-state index contributed by atoms with van der Waals surface area (Å²) in [7, 11) is 0. The summed E-state index contributed by atoms with van der Waals surface area (Å²) >= 11 is 0. The van der Waals surface area contributed by atoms with Gasteiger partial charge in [-0.1, -0.05) is 73.3 Å². The fourth-order valence-corrected chi connectivity index (χ4v) is 3.74. The lowest BCUT2D eigenvalue weighted by Gasteiger charge is -2.25. The third kappa shape index (κ3) is 7.80. The molecule has 0 spiro atoms. The molecule has 3 aromatic carbocycles. The number of hydrogen-bond donors (Lipinski definition) is 3. The third-order valence-electron chi connectivity index (χ3n) is 5.78. The van der Waals surface area contributed by atoms with Crippen LogP contribution in [0.25, 0.3) is 12.2 Å². The molecule has 3 aromatic rings. The van der Waals surface area contributed by atoms with Gasteiger partial charge in [0.2, 0.25) is 5.91 Å². The smallest absolute Gasteiger partial charge is 0.335 e. The van der Waals surface area contributed by atoms with E-state index in [1.54, 1.807) is 30.3 Å². The van der Waals surface area contributed by atoms with Crippen LogP contribution < -0.4 is 5.32 Å². The molecule has 8 heteroatoms. The van der Waals surface area contributed by atoms with Gasteiger partial charge < -0.3 is 15.5 Å². The van der Waals surface area contributed by atoms with E-state index in [0.29, 0.717) is 16.7 Å². The highest BCUT2D eigenvalue weighted by Gasteiger charge is 2.34. The Morgan fingerprint density at radius 1 is 0.667 bits per heavy atom. The minimum Gasteiger partial charge on any atom is -0.478 e. The standard InChI is InChI=1S/C31H25NO7/c1-2-27(35)32-29(22-6-4-3-5-7-22)28(25(33)18-12-20-8-14-23(15-9-20)30(36)37)26(34)19-13-21-10-16-24(17-11-21)31(38)39/h2-19,28-29H,1H2,(H,32,35)(H,36,37)(H,38,39). The van der Waals surface area contributed by atoms with Crippen molar-refractivity contribution < 1.29 is 34.2 Å². The van der Waals surface area contributed by atoms with Gasteiger partial charge in [0.05, 0.1) is 17.2 Å². The SMILES string of the molecule is C=CC(=O)NC(c1ccccc1)C(C(=O)C=Cc1ccc(C(=O)O)cc1)C(=O)C=Cc1ccc(C(=O)O)cc1. The van der Waals surface area contributed by atoms with Crippen LogP contribution in [-0.4, -0.2) is 39.6 Å². The molecule has 0 aliphatic heterocycles. The van der Waals surface area contributed by atoms with Gasteiger partial charge in [-0.2, -0.15) is 0 Å². The molecule has 1 amide bonds. The number of carboxylic acids is 2. The largest absolute Gasteiger partial charge is 0.478 e. The Hall–Kier alpha value is -5.37. The Morgan fingerprint density at radius 2 is 1.10 bits per heavy atom. The number of allylic oxidation sites excluding steroid dienone is 2. The molecule has 8 nitrogen and oxygen atoms in total. The highest BCUT2D eigenvalue weighted by Crippen LogP contribution is 2.26. The summed E-state index contributed by atoms with van der Waals surface area (Å²) in [6.45, 7) is 3.45. The van der Waals surface area contributed by atoms with Crippen LogP contribution >= 0.6 is 0 Å². The van der Waals surface area contributed by atoms with E-state index in [1.165, 1.54) is 72.8 Å².